The first kappa shape index (κ1) is 11.1. The summed E-state index contributed by atoms with van der Waals surface area (Å²) in [6, 6.07) is 7.45. The van der Waals surface area contributed by atoms with Gasteiger partial charge in [-0.2, -0.15) is 0 Å². The summed E-state index contributed by atoms with van der Waals surface area (Å²) in [6.45, 7) is 1.11. The number of hydrogen-bond acceptors (Lipinski definition) is 3. The van der Waals surface area contributed by atoms with Gasteiger partial charge < -0.3 is 14.3 Å². The molecule has 90 valence electrons. The maximum atomic E-state index is 10.5. The molecule has 1 N–H and O–H groups in total. The lowest BCUT2D eigenvalue weighted by atomic mass is 9.91. The first-order valence-corrected chi connectivity index (χ1v) is 6.05. The molecular weight excluding hydrogens is 240 g/mol. The van der Waals surface area contributed by atoms with E-state index in [2.05, 4.69) is 0 Å². The Morgan fingerprint density at radius 3 is 2.71 bits per heavy atom. The monoisotopic (exact) mass is 252 g/mol. The van der Waals surface area contributed by atoms with Crippen LogP contribution >= 0.6 is 11.6 Å². The van der Waals surface area contributed by atoms with Crippen LogP contribution in [0.3, 0.4) is 0 Å². The van der Waals surface area contributed by atoms with Crippen LogP contribution in [0.1, 0.15) is 18.6 Å². The fourth-order valence-electron chi connectivity index (χ4n) is 2.21. The van der Waals surface area contributed by atoms with E-state index in [1.54, 1.807) is 6.07 Å². The zero-order chi connectivity index (χ0) is 11.9. The van der Waals surface area contributed by atoms with Gasteiger partial charge >= 0.3 is 0 Å². The van der Waals surface area contributed by atoms with E-state index in [9.17, 15) is 5.11 Å². The molecule has 3 nitrogen and oxygen atoms in total. The zero-order valence-electron chi connectivity index (χ0n) is 9.28. The molecule has 2 heterocycles. The van der Waals surface area contributed by atoms with Crippen molar-refractivity contribution in [2.75, 3.05) is 13.2 Å². The van der Waals surface area contributed by atoms with Crippen molar-refractivity contribution in [3.05, 3.63) is 35.0 Å². The predicted octanol–water partition coefficient (Wildman–Crippen LogP) is 3.08. The van der Waals surface area contributed by atoms with Crippen LogP contribution in [0.15, 0.2) is 28.7 Å². The van der Waals surface area contributed by atoms with Gasteiger partial charge in [0.25, 0.3) is 0 Å². The normalized spacial score (nSPS) is 19.6. The van der Waals surface area contributed by atoms with E-state index in [4.69, 9.17) is 20.8 Å². The maximum Gasteiger partial charge on any atom is 0.153 e. The van der Waals surface area contributed by atoms with Gasteiger partial charge in [0.05, 0.1) is 5.02 Å². The van der Waals surface area contributed by atoms with E-state index in [0.29, 0.717) is 42.4 Å². The van der Waals surface area contributed by atoms with Gasteiger partial charge in [-0.1, -0.05) is 23.7 Å². The van der Waals surface area contributed by atoms with Crippen molar-refractivity contribution in [2.45, 2.75) is 18.4 Å². The molecule has 0 saturated carbocycles. The van der Waals surface area contributed by atoms with Crippen molar-refractivity contribution in [3.8, 4) is 0 Å². The summed E-state index contributed by atoms with van der Waals surface area (Å²) in [6.07, 6.45) is 1.12. The summed E-state index contributed by atoms with van der Waals surface area (Å²) in [5.41, 5.74) is -0.273. The fraction of sp³-hybridized carbons (Fsp3) is 0.385. The number of aliphatic hydroxyl groups is 1. The molecule has 1 aliphatic rings. The first-order valence-electron chi connectivity index (χ1n) is 5.68. The Bertz CT molecular complexity index is 541. The Labute approximate surface area is 104 Å². The summed E-state index contributed by atoms with van der Waals surface area (Å²) in [4.78, 5) is 0. The SMILES string of the molecule is OC1(c2cc3cccc(Cl)c3o2)CCOCC1. The fourth-order valence-corrected chi connectivity index (χ4v) is 2.43. The second-order valence-corrected chi connectivity index (χ2v) is 4.82. The van der Waals surface area contributed by atoms with E-state index in [0.717, 1.165) is 5.39 Å². The van der Waals surface area contributed by atoms with Crippen LogP contribution in [0, 0.1) is 0 Å². The molecule has 0 unspecified atom stereocenters. The maximum absolute atomic E-state index is 10.5. The van der Waals surface area contributed by atoms with Gasteiger partial charge in [0.1, 0.15) is 11.4 Å². The third-order valence-electron chi connectivity index (χ3n) is 3.27. The molecule has 3 rings (SSSR count). The number of para-hydroxylation sites is 1. The molecule has 0 aliphatic carbocycles. The minimum absolute atomic E-state index is 0.557. The van der Waals surface area contributed by atoms with E-state index in [1.165, 1.54) is 0 Å². The number of ether oxygens (including phenoxy) is 1. The quantitative estimate of drug-likeness (QED) is 0.848. The molecule has 0 spiro atoms. The Morgan fingerprint density at radius 1 is 1.24 bits per heavy atom. The second-order valence-electron chi connectivity index (χ2n) is 4.41. The summed E-state index contributed by atoms with van der Waals surface area (Å²) in [7, 11) is 0. The Balaban J connectivity index is 2.08. The number of halogens is 1. The molecule has 4 heteroatoms. The molecule has 1 aromatic heterocycles. The van der Waals surface area contributed by atoms with Crippen molar-refractivity contribution < 1.29 is 14.3 Å². The van der Waals surface area contributed by atoms with Crippen LogP contribution in [0.4, 0.5) is 0 Å². The lowest BCUT2D eigenvalue weighted by Gasteiger charge is -2.29. The predicted molar refractivity (Wildman–Crippen MR) is 65.2 cm³/mol. The van der Waals surface area contributed by atoms with Crippen molar-refractivity contribution in [1.29, 1.82) is 0 Å². The summed E-state index contributed by atoms with van der Waals surface area (Å²) < 4.78 is 11.0. The van der Waals surface area contributed by atoms with Crippen LogP contribution in [-0.4, -0.2) is 18.3 Å². The van der Waals surface area contributed by atoms with Gasteiger partial charge in [-0.05, 0) is 12.1 Å². The highest BCUT2D eigenvalue weighted by atomic mass is 35.5. The molecule has 1 saturated heterocycles. The minimum Gasteiger partial charge on any atom is -0.456 e. The Morgan fingerprint density at radius 2 is 2.00 bits per heavy atom. The van der Waals surface area contributed by atoms with Gasteiger partial charge in [-0.15, -0.1) is 0 Å². The third-order valence-corrected chi connectivity index (χ3v) is 3.57. The topological polar surface area (TPSA) is 42.6 Å². The minimum atomic E-state index is -0.916. The number of fused-ring (bicyclic) bond motifs is 1. The average molecular weight is 253 g/mol. The van der Waals surface area contributed by atoms with E-state index in [1.807, 2.05) is 18.2 Å². The van der Waals surface area contributed by atoms with E-state index >= 15 is 0 Å². The standard InChI is InChI=1S/C13H13ClO3/c14-10-3-1-2-9-8-11(17-12(9)10)13(15)4-6-16-7-5-13/h1-3,8,15H,4-7H2. The van der Waals surface area contributed by atoms with Crippen molar-refractivity contribution >= 4 is 22.6 Å². The molecule has 0 bridgehead atoms. The first-order chi connectivity index (χ1) is 8.19. The number of furan rings is 1. The van der Waals surface area contributed by atoms with Gasteiger partial charge in [0, 0.05) is 31.4 Å². The summed E-state index contributed by atoms with van der Waals surface area (Å²) in [5.74, 6) is 0.587. The molecule has 1 aromatic carbocycles. The molecule has 0 atom stereocenters. The lowest BCUT2D eigenvalue weighted by Crippen LogP contribution is -2.32. The van der Waals surface area contributed by atoms with Gasteiger partial charge in [0.15, 0.2) is 5.58 Å². The Hall–Kier alpha value is -1.03. The number of benzene rings is 1. The van der Waals surface area contributed by atoms with Gasteiger partial charge in [0.2, 0.25) is 0 Å². The average Bonchev–Trinajstić information content (AvgIpc) is 2.76. The van der Waals surface area contributed by atoms with Crippen LogP contribution in [0.2, 0.25) is 5.02 Å². The molecule has 1 fully saturated rings. The van der Waals surface area contributed by atoms with Gasteiger partial charge in [-0.3, -0.25) is 0 Å². The molecule has 2 aromatic rings. The highest BCUT2D eigenvalue weighted by Gasteiger charge is 2.35. The highest BCUT2D eigenvalue weighted by Crippen LogP contribution is 2.37. The molecule has 1 aliphatic heterocycles. The molecule has 0 radical (unpaired) electrons. The van der Waals surface area contributed by atoms with Crippen molar-refractivity contribution in [2.24, 2.45) is 0 Å². The van der Waals surface area contributed by atoms with Crippen LogP contribution < -0.4 is 0 Å². The lowest BCUT2D eigenvalue weighted by molar-refractivity contribution is -0.0793. The van der Waals surface area contributed by atoms with E-state index in [-0.39, 0.29) is 0 Å². The van der Waals surface area contributed by atoms with Crippen LogP contribution in [0.5, 0.6) is 0 Å². The van der Waals surface area contributed by atoms with Crippen LogP contribution in [0.25, 0.3) is 11.0 Å². The highest BCUT2D eigenvalue weighted by molar-refractivity contribution is 6.34. The summed E-state index contributed by atoms with van der Waals surface area (Å²) in [5, 5.41) is 12.0. The second kappa shape index (κ2) is 4.02. The van der Waals surface area contributed by atoms with Crippen molar-refractivity contribution in [3.63, 3.8) is 0 Å². The smallest absolute Gasteiger partial charge is 0.153 e. The number of hydrogen-bond donors (Lipinski definition) is 1. The molecule has 17 heavy (non-hydrogen) atoms. The molecular formula is C13H13ClO3. The molecule has 0 amide bonds. The zero-order valence-corrected chi connectivity index (χ0v) is 10.0. The van der Waals surface area contributed by atoms with E-state index < -0.39 is 5.60 Å². The van der Waals surface area contributed by atoms with Gasteiger partial charge in [-0.25, -0.2) is 0 Å². The van der Waals surface area contributed by atoms with Crippen molar-refractivity contribution in [1.82, 2.24) is 0 Å². The largest absolute Gasteiger partial charge is 0.456 e. The summed E-state index contributed by atoms with van der Waals surface area (Å²) >= 11 is 6.05. The van der Waals surface area contributed by atoms with Crippen LogP contribution in [-0.2, 0) is 10.3 Å². The number of rotatable bonds is 1. The third kappa shape index (κ3) is 1.84. The Kier molecular flexibility index (Phi) is 2.62.